The van der Waals surface area contributed by atoms with Crippen LogP contribution in [0, 0.1) is 11.8 Å². The first kappa shape index (κ1) is 27.6. The lowest BCUT2D eigenvalue weighted by molar-refractivity contribution is -0.145. The maximum Gasteiger partial charge on any atom is 0.310 e. The average molecular weight is 567 g/mol. The monoisotopic (exact) mass is 566 g/mol. The van der Waals surface area contributed by atoms with E-state index in [1.807, 2.05) is 18.7 Å². The summed E-state index contributed by atoms with van der Waals surface area (Å²) in [5.74, 6) is 0.379. The second-order valence-corrected chi connectivity index (χ2v) is 10.3. The third kappa shape index (κ3) is 7.60. The molecule has 8 nitrogen and oxygen atoms in total. The lowest BCUT2D eigenvalue weighted by Gasteiger charge is -2.23. The Labute approximate surface area is 203 Å². The van der Waals surface area contributed by atoms with Gasteiger partial charge in [-0.1, -0.05) is 25.1 Å². The molecule has 0 radical (unpaired) electrons. The summed E-state index contributed by atoms with van der Waals surface area (Å²) in [6.45, 7) is 11.5. The highest BCUT2D eigenvalue weighted by molar-refractivity contribution is 14.0. The molecule has 1 aliphatic rings. The Hall–Kier alpha value is -1.40. The quantitative estimate of drug-likeness (QED) is 0.238. The van der Waals surface area contributed by atoms with E-state index in [1.165, 1.54) is 7.11 Å². The highest BCUT2D eigenvalue weighted by atomic mass is 127. The number of methoxy groups -OCH3 is 1. The molecule has 0 aromatic heterocycles. The first-order valence-corrected chi connectivity index (χ1v) is 11.7. The maximum absolute atomic E-state index is 12.9. The number of nitrogens with zero attached hydrogens (tertiary/aromatic N) is 2. The number of carbonyl (C=O) groups excluding carboxylic acids is 1. The van der Waals surface area contributed by atoms with Crippen LogP contribution >= 0.6 is 24.0 Å². The fourth-order valence-corrected chi connectivity index (χ4v) is 5.19. The normalized spacial score (nSPS) is 19.7. The number of rotatable bonds is 6. The van der Waals surface area contributed by atoms with Crippen molar-refractivity contribution in [2.75, 3.05) is 26.7 Å². The van der Waals surface area contributed by atoms with Gasteiger partial charge in [0.05, 0.1) is 24.5 Å². The van der Waals surface area contributed by atoms with E-state index in [4.69, 9.17) is 4.74 Å². The summed E-state index contributed by atoms with van der Waals surface area (Å²) < 4.78 is 33.3. The number of ether oxygens (including phenoxy) is 1. The van der Waals surface area contributed by atoms with Gasteiger partial charge >= 0.3 is 5.97 Å². The molecule has 1 aliphatic heterocycles. The van der Waals surface area contributed by atoms with Crippen LogP contribution in [0.15, 0.2) is 34.2 Å². The molecule has 31 heavy (non-hydrogen) atoms. The zero-order chi connectivity index (χ0) is 22.5. The van der Waals surface area contributed by atoms with E-state index in [2.05, 4.69) is 15.0 Å². The number of benzene rings is 1. The molecular formula is C21H35IN4O4S. The lowest BCUT2D eigenvalue weighted by atomic mass is 9.99. The highest BCUT2D eigenvalue weighted by Crippen LogP contribution is 2.24. The predicted molar refractivity (Wildman–Crippen MR) is 133 cm³/mol. The van der Waals surface area contributed by atoms with Crippen LogP contribution in [-0.4, -0.2) is 57.5 Å². The summed E-state index contributed by atoms with van der Waals surface area (Å²) >= 11 is 0. The van der Waals surface area contributed by atoms with E-state index in [-0.39, 0.29) is 53.2 Å². The molecule has 1 aromatic carbocycles. The fraction of sp³-hybridized carbons (Fsp3) is 0.619. The number of guanidine groups is 1. The van der Waals surface area contributed by atoms with Crippen LogP contribution in [0.2, 0.25) is 0 Å². The van der Waals surface area contributed by atoms with Gasteiger partial charge in [0.25, 0.3) is 0 Å². The van der Waals surface area contributed by atoms with Crippen molar-refractivity contribution in [3.63, 3.8) is 0 Å². The van der Waals surface area contributed by atoms with Crippen molar-refractivity contribution in [1.29, 1.82) is 0 Å². The van der Waals surface area contributed by atoms with Crippen LogP contribution in [0.1, 0.15) is 40.2 Å². The number of carbonyl (C=O) groups is 1. The molecule has 0 amide bonds. The summed E-state index contributed by atoms with van der Waals surface area (Å²) in [7, 11) is -2.27. The number of likely N-dealkylation sites (tertiary alicyclic amines) is 1. The molecule has 1 aromatic rings. The van der Waals surface area contributed by atoms with Gasteiger partial charge in [-0.2, -0.15) is 0 Å². The molecule has 1 saturated heterocycles. The van der Waals surface area contributed by atoms with Crippen molar-refractivity contribution >= 4 is 45.9 Å². The van der Waals surface area contributed by atoms with Crippen molar-refractivity contribution < 1.29 is 17.9 Å². The van der Waals surface area contributed by atoms with E-state index in [1.54, 1.807) is 45.0 Å². The maximum atomic E-state index is 12.9. The zero-order valence-corrected chi connectivity index (χ0v) is 22.3. The van der Waals surface area contributed by atoms with Gasteiger partial charge in [-0.3, -0.25) is 4.79 Å². The summed E-state index contributed by atoms with van der Waals surface area (Å²) in [6.07, 6.45) is 0. The Morgan fingerprint density at radius 3 is 2.48 bits per heavy atom. The molecule has 2 N–H and O–H groups in total. The van der Waals surface area contributed by atoms with E-state index < -0.39 is 15.6 Å². The second kappa shape index (κ2) is 11.5. The number of aliphatic imine (C=N–C) groups is 1. The molecular weight excluding hydrogens is 531 g/mol. The number of halogens is 1. The molecule has 1 fully saturated rings. The van der Waals surface area contributed by atoms with E-state index >= 15 is 0 Å². The summed E-state index contributed by atoms with van der Waals surface area (Å²) in [4.78, 5) is 18.9. The first-order chi connectivity index (χ1) is 14.0. The molecule has 0 spiro atoms. The largest absolute Gasteiger partial charge is 0.469 e. The van der Waals surface area contributed by atoms with Gasteiger partial charge in [-0.15, -0.1) is 24.0 Å². The van der Waals surface area contributed by atoms with Crippen LogP contribution < -0.4 is 10.0 Å². The third-order valence-corrected chi connectivity index (χ3v) is 6.71. The summed E-state index contributed by atoms with van der Waals surface area (Å²) in [5.41, 5.74) is 0.0278. The molecule has 2 unspecified atom stereocenters. The van der Waals surface area contributed by atoms with Crippen LogP contribution in [0.25, 0.3) is 0 Å². The van der Waals surface area contributed by atoms with E-state index in [0.717, 1.165) is 0 Å². The molecule has 1 heterocycles. The molecule has 2 atom stereocenters. The van der Waals surface area contributed by atoms with E-state index in [0.29, 0.717) is 31.2 Å². The minimum Gasteiger partial charge on any atom is -0.469 e. The molecule has 176 valence electrons. The number of hydrogen-bond acceptors (Lipinski definition) is 5. The van der Waals surface area contributed by atoms with Gasteiger partial charge < -0.3 is 15.0 Å². The van der Waals surface area contributed by atoms with Crippen molar-refractivity contribution in [3.05, 3.63) is 29.8 Å². The number of esters is 1. The second-order valence-electron chi connectivity index (χ2n) is 8.65. The average Bonchev–Trinajstić information content (AvgIpc) is 3.04. The van der Waals surface area contributed by atoms with Gasteiger partial charge in [0, 0.05) is 25.2 Å². The van der Waals surface area contributed by atoms with Crippen molar-refractivity contribution in [2.24, 2.45) is 16.8 Å². The topological polar surface area (TPSA) is 100 Å². The minimum atomic E-state index is -3.67. The number of hydrogen-bond donors (Lipinski definition) is 2. The summed E-state index contributed by atoms with van der Waals surface area (Å²) in [5, 5.41) is 3.25. The van der Waals surface area contributed by atoms with Gasteiger partial charge in [-0.25, -0.2) is 18.1 Å². The Balaban J connectivity index is 0.00000480. The molecule has 0 bridgehead atoms. The number of nitrogens with one attached hydrogen (secondary N) is 2. The van der Waals surface area contributed by atoms with E-state index in [9.17, 15) is 13.2 Å². The zero-order valence-electron chi connectivity index (χ0n) is 19.1. The van der Waals surface area contributed by atoms with Gasteiger partial charge in [0.2, 0.25) is 10.0 Å². The van der Waals surface area contributed by atoms with Crippen molar-refractivity contribution in [2.45, 2.75) is 51.6 Å². The summed E-state index contributed by atoms with van der Waals surface area (Å²) in [6, 6.07) is 6.88. The van der Waals surface area contributed by atoms with Crippen molar-refractivity contribution in [1.82, 2.24) is 14.9 Å². The van der Waals surface area contributed by atoms with Crippen LogP contribution in [0.3, 0.4) is 0 Å². The highest BCUT2D eigenvalue weighted by Gasteiger charge is 2.37. The molecule has 0 aliphatic carbocycles. The Morgan fingerprint density at radius 2 is 1.90 bits per heavy atom. The van der Waals surface area contributed by atoms with Crippen molar-refractivity contribution in [3.8, 4) is 0 Å². The third-order valence-electron chi connectivity index (χ3n) is 4.85. The Kier molecular flexibility index (Phi) is 10.2. The smallest absolute Gasteiger partial charge is 0.310 e. The standard InChI is InChI=1S/C21H34N4O4S.HI/c1-7-22-20(25-13-15(2)17(14-25)19(26)29-6)23-12-16-10-8-9-11-18(16)30(27,28)24-21(3,4)5;/h8-11,15,17,24H,7,12-14H2,1-6H3,(H,22,23);1H. The molecule has 10 heteroatoms. The lowest BCUT2D eigenvalue weighted by Crippen LogP contribution is -2.41. The van der Waals surface area contributed by atoms with Gasteiger partial charge in [0.1, 0.15) is 0 Å². The van der Waals surface area contributed by atoms with Gasteiger partial charge in [-0.05, 0) is 45.2 Å². The van der Waals surface area contributed by atoms with Gasteiger partial charge in [0.15, 0.2) is 5.96 Å². The minimum absolute atomic E-state index is 0. The number of sulfonamides is 1. The van der Waals surface area contributed by atoms with Crippen LogP contribution in [0.5, 0.6) is 0 Å². The SMILES string of the molecule is CCNC(=NCc1ccccc1S(=O)(=O)NC(C)(C)C)N1CC(C)C(C(=O)OC)C1.I. The fourth-order valence-electron chi connectivity index (χ4n) is 3.54. The first-order valence-electron chi connectivity index (χ1n) is 10.2. The van der Waals surface area contributed by atoms with Crippen LogP contribution in [-0.2, 0) is 26.1 Å². The Morgan fingerprint density at radius 1 is 1.26 bits per heavy atom. The van der Waals surface area contributed by atoms with Crippen LogP contribution in [0.4, 0.5) is 0 Å². The molecule has 2 rings (SSSR count). The predicted octanol–water partition coefficient (Wildman–Crippen LogP) is 2.59. The Bertz CT molecular complexity index is 884. The molecule has 0 saturated carbocycles.